The molecule has 30 heavy (non-hydrogen) atoms. The summed E-state index contributed by atoms with van der Waals surface area (Å²) in [6.07, 6.45) is 5.02. The fourth-order valence-corrected chi connectivity index (χ4v) is 3.65. The molecule has 0 spiro atoms. The van der Waals surface area contributed by atoms with Crippen LogP contribution in [-0.2, 0) is 11.3 Å². The number of amides is 1. The molecule has 1 aliphatic rings. The molecule has 2 aromatic heterocycles. The van der Waals surface area contributed by atoms with Gasteiger partial charge in [-0.05, 0) is 66.5 Å². The molecule has 10 nitrogen and oxygen atoms in total. The van der Waals surface area contributed by atoms with E-state index in [1.165, 1.54) is 4.80 Å². The van der Waals surface area contributed by atoms with Crippen LogP contribution in [0.25, 0.3) is 6.08 Å². The molecule has 3 heterocycles. The third kappa shape index (κ3) is 4.70. The maximum absolute atomic E-state index is 12.7. The smallest absolute Gasteiger partial charge is 0.246 e. The maximum atomic E-state index is 12.7. The van der Waals surface area contributed by atoms with E-state index in [1.54, 1.807) is 23.9 Å². The highest BCUT2D eigenvalue weighted by molar-refractivity contribution is 6.30. The fourth-order valence-electron chi connectivity index (χ4n) is 3.45. The zero-order valence-electron chi connectivity index (χ0n) is 16.8. The number of tetrazole rings is 2. The molecule has 1 aliphatic heterocycles. The van der Waals surface area contributed by atoms with Gasteiger partial charge in [0.25, 0.3) is 0 Å². The third-order valence-corrected chi connectivity index (χ3v) is 5.24. The predicted molar refractivity (Wildman–Crippen MR) is 110 cm³/mol. The predicted octanol–water partition coefficient (Wildman–Crippen LogP) is 1.86. The molecule has 0 radical (unpaired) electrons. The number of halogens is 1. The largest absolute Gasteiger partial charge is 0.339 e. The van der Waals surface area contributed by atoms with E-state index in [9.17, 15) is 4.79 Å². The number of aromatic nitrogens is 8. The van der Waals surface area contributed by atoms with E-state index in [-0.39, 0.29) is 11.9 Å². The van der Waals surface area contributed by atoms with Crippen LogP contribution in [-0.4, -0.2) is 64.3 Å². The van der Waals surface area contributed by atoms with Crippen molar-refractivity contribution in [2.24, 2.45) is 0 Å². The quantitative estimate of drug-likeness (QED) is 0.572. The first-order valence-electron chi connectivity index (χ1n) is 9.74. The average Bonchev–Trinajstić information content (AvgIpc) is 3.35. The number of piperidine rings is 1. The first kappa shape index (κ1) is 20.1. The lowest BCUT2D eigenvalue weighted by atomic mass is 10.0. The van der Waals surface area contributed by atoms with Crippen LogP contribution in [0, 0.1) is 13.8 Å². The van der Waals surface area contributed by atoms with Gasteiger partial charge in [-0.25, -0.2) is 0 Å². The highest BCUT2D eigenvalue weighted by Gasteiger charge is 2.24. The van der Waals surface area contributed by atoms with Crippen molar-refractivity contribution in [3.8, 4) is 0 Å². The Bertz CT molecular complexity index is 1070. The van der Waals surface area contributed by atoms with E-state index >= 15 is 0 Å². The maximum Gasteiger partial charge on any atom is 0.246 e. The van der Waals surface area contributed by atoms with Crippen LogP contribution in [0.15, 0.2) is 24.3 Å². The molecule has 1 amide bonds. The molecular weight excluding hydrogens is 406 g/mol. The van der Waals surface area contributed by atoms with Crippen molar-refractivity contribution in [3.63, 3.8) is 0 Å². The SMILES string of the molecule is Cc1nnn(Cc2cc(Cl)ccc2C=CC(=O)N2CCC(n3nnc(C)n3)CC2)n1. The number of carbonyl (C=O) groups is 1. The highest BCUT2D eigenvalue weighted by atomic mass is 35.5. The monoisotopic (exact) mass is 427 g/mol. The highest BCUT2D eigenvalue weighted by Crippen LogP contribution is 2.22. The standard InChI is InChI=1S/C19H22ClN9O/c1-13-21-25-28(23-13)12-16-11-17(20)5-3-15(16)4-6-19(30)27-9-7-18(8-10-27)29-24-14(2)22-26-29/h3-6,11,18H,7-10,12H2,1-2H3. The molecule has 11 heteroatoms. The van der Waals surface area contributed by atoms with E-state index < -0.39 is 0 Å². The minimum absolute atomic E-state index is 0.0215. The van der Waals surface area contributed by atoms with Crippen LogP contribution in [0.3, 0.4) is 0 Å². The van der Waals surface area contributed by atoms with Gasteiger partial charge < -0.3 is 4.90 Å². The number of nitrogens with zero attached hydrogens (tertiary/aromatic N) is 9. The molecule has 1 saturated heterocycles. The van der Waals surface area contributed by atoms with Crippen LogP contribution in [0.2, 0.25) is 5.02 Å². The Balaban J connectivity index is 1.40. The van der Waals surface area contributed by atoms with Crippen LogP contribution in [0.4, 0.5) is 0 Å². The van der Waals surface area contributed by atoms with Crippen molar-refractivity contribution in [1.82, 2.24) is 45.3 Å². The summed E-state index contributed by atoms with van der Waals surface area (Å²) in [7, 11) is 0. The summed E-state index contributed by atoms with van der Waals surface area (Å²) >= 11 is 6.16. The number of likely N-dealkylation sites (tertiary alicyclic amines) is 1. The Morgan fingerprint density at radius 1 is 1.13 bits per heavy atom. The van der Waals surface area contributed by atoms with Crippen molar-refractivity contribution in [2.45, 2.75) is 39.3 Å². The molecule has 0 saturated carbocycles. The molecule has 4 rings (SSSR count). The zero-order chi connectivity index (χ0) is 21.1. The number of benzene rings is 1. The van der Waals surface area contributed by atoms with Gasteiger partial charge in [0.15, 0.2) is 11.6 Å². The number of rotatable bonds is 5. The van der Waals surface area contributed by atoms with Gasteiger partial charge in [-0.3, -0.25) is 4.79 Å². The van der Waals surface area contributed by atoms with Gasteiger partial charge in [-0.15, -0.1) is 20.4 Å². The summed E-state index contributed by atoms with van der Waals surface area (Å²) in [5.41, 5.74) is 1.80. The van der Waals surface area contributed by atoms with Crippen LogP contribution in [0.5, 0.6) is 0 Å². The van der Waals surface area contributed by atoms with Crippen LogP contribution in [0.1, 0.15) is 41.7 Å². The summed E-state index contributed by atoms with van der Waals surface area (Å²) in [6, 6.07) is 5.72. The zero-order valence-corrected chi connectivity index (χ0v) is 17.6. The third-order valence-electron chi connectivity index (χ3n) is 5.01. The fraction of sp³-hybridized carbons (Fsp3) is 0.421. The second-order valence-corrected chi connectivity index (χ2v) is 7.69. The molecule has 0 N–H and O–H groups in total. The van der Waals surface area contributed by atoms with Crippen molar-refractivity contribution in [1.29, 1.82) is 0 Å². The van der Waals surface area contributed by atoms with Crippen LogP contribution < -0.4 is 0 Å². The van der Waals surface area contributed by atoms with Crippen molar-refractivity contribution < 1.29 is 4.79 Å². The van der Waals surface area contributed by atoms with Crippen molar-refractivity contribution in [2.75, 3.05) is 13.1 Å². The topological polar surface area (TPSA) is 108 Å². The summed E-state index contributed by atoms with van der Waals surface area (Å²) < 4.78 is 0. The first-order valence-corrected chi connectivity index (χ1v) is 10.1. The number of hydrogen-bond acceptors (Lipinski definition) is 7. The normalized spacial score (nSPS) is 15.2. The van der Waals surface area contributed by atoms with Gasteiger partial charge >= 0.3 is 0 Å². The number of hydrogen-bond donors (Lipinski definition) is 0. The lowest BCUT2D eigenvalue weighted by molar-refractivity contribution is -0.127. The minimum atomic E-state index is -0.0215. The molecule has 0 bridgehead atoms. The van der Waals surface area contributed by atoms with Gasteiger partial charge in [0.2, 0.25) is 5.91 Å². The number of aryl methyl sites for hydroxylation is 2. The van der Waals surface area contributed by atoms with E-state index in [4.69, 9.17) is 11.6 Å². The molecule has 0 atom stereocenters. The number of carbonyl (C=O) groups excluding carboxylic acids is 1. The Hall–Kier alpha value is -3.14. The molecule has 156 valence electrons. The van der Waals surface area contributed by atoms with Crippen LogP contribution >= 0.6 is 11.6 Å². The first-order chi connectivity index (χ1) is 14.5. The molecule has 0 unspecified atom stereocenters. The summed E-state index contributed by atoms with van der Waals surface area (Å²) in [5.74, 6) is 1.24. The van der Waals surface area contributed by atoms with E-state index in [2.05, 4.69) is 30.8 Å². The molecule has 0 aliphatic carbocycles. The van der Waals surface area contributed by atoms with E-state index in [1.807, 2.05) is 30.0 Å². The van der Waals surface area contributed by atoms with Gasteiger partial charge in [0, 0.05) is 24.2 Å². The minimum Gasteiger partial charge on any atom is -0.339 e. The Morgan fingerprint density at radius 2 is 1.87 bits per heavy atom. The Kier molecular flexibility index (Phi) is 5.84. The van der Waals surface area contributed by atoms with Gasteiger partial charge in [-0.2, -0.15) is 9.59 Å². The van der Waals surface area contributed by atoms with E-state index in [0.29, 0.717) is 36.3 Å². The molecule has 3 aromatic rings. The molecule has 1 aromatic carbocycles. The average molecular weight is 428 g/mol. The molecular formula is C19H22ClN9O. The second kappa shape index (κ2) is 8.70. The van der Waals surface area contributed by atoms with Gasteiger partial charge in [0.05, 0.1) is 12.6 Å². The van der Waals surface area contributed by atoms with Crippen molar-refractivity contribution in [3.05, 3.63) is 52.1 Å². The Morgan fingerprint density at radius 3 is 2.53 bits per heavy atom. The molecule has 1 fully saturated rings. The Labute approximate surface area is 178 Å². The summed E-state index contributed by atoms with van der Waals surface area (Å²) in [4.78, 5) is 17.7. The summed E-state index contributed by atoms with van der Waals surface area (Å²) in [6.45, 7) is 5.33. The lowest BCUT2D eigenvalue weighted by Gasteiger charge is -2.30. The summed E-state index contributed by atoms with van der Waals surface area (Å²) in [5, 5.41) is 25.0. The van der Waals surface area contributed by atoms with E-state index in [0.717, 1.165) is 24.0 Å². The second-order valence-electron chi connectivity index (χ2n) is 7.26. The lowest BCUT2D eigenvalue weighted by Crippen LogP contribution is -2.38. The van der Waals surface area contributed by atoms with Gasteiger partial charge in [-0.1, -0.05) is 17.7 Å². The van der Waals surface area contributed by atoms with Gasteiger partial charge in [0.1, 0.15) is 0 Å². The van der Waals surface area contributed by atoms with Crippen molar-refractivity contribution >= 4 is 23.6 Å².